The standard InChI is InChI=1S/C31H33N3O3/c1-2-27(22-12-5-3-6-13-22)32-30(36)29-25-17-9-10-18-26(25)31(37)34(23-14-7-4-8-15-23)28(29)21-33-19-11-16-24(35)20-33/h3-10,12-15,17-18,24,27,35H,2,11,16,19-21H2,1H3,(H,32,36)/t24-,27?/m0/s1. The van der Waals surface area contributed by atoms with Gasteiger partial charge in [-0.15, -0.1) is 0 Å². The van der Waals surface area contributed by atoms with Crippen LogP contribution in [-0.2, 0) is 6.54 Å². The van der Waals surface area contributed by atoms with Gasteiger partial charge >= 0.3 is 0 Å². The Bertz CT molecular complexity index is 1430. The van der Waals surface area contributed by atoms with Crippen LogP contribution in [0.2, 0.25) is 0 Å². The first kappa shape index (κ1) is 24.9. The van der Waals surface area contributed by atoms with Crippen LogP contribution in [0.3, 0.4) is 0 Å². The van der Waals surface area contributed by atoms with Crippen molar-refractivity contribution in [1.29, 1.82) is 0 Å². The van der Waals surface area contributed by atoms with Gasteiger partial charge in [0.15, 0.2) is 0 Å². The number of β-amino-alcohol motifs (C(OH)–C–C–N with tert-alkyl or cyclic N) is 1. The molecule has 1 aliphatic rings. The van der Waals surface area contributed by atoms with E-state index in [1.54, 1.807) is 10.6 Å². The molecule has 5 rings (SSSR count). The molecule has 1 aromatic heterocycles. The number of hydrogen-bond acceptors (Lipinski definition) is 4. The molecule has 0 spiro atoms. The number of hydrogen-bond donors (Lipinski definition) is 2. The molecule has 1 fully saturated rings. The number of rotatable bonds is 7. The zero-order chi connectivity index (χ0) is 25.8. The van der Waals surface area contributed by atoms with Gasteiger partial charge in [-0.05, 0) is 49.6 Å². The van der Waals surface area contributed by atoms with E-state index in [0.717, 1.165) is 37.1 Å². The fraction of sp³-hybridized carbons (Fsp3) is 0.290. The minimum atomic E-state index is -0.411. The smallest absolute Gasteiger partial charge is 0.263 e. The lowest BCUT2D eigenvalue weighted by Gasteiger charge is -2.32. The maximum Gasteiger partial charge on any atom is 0.263 e. The van der Waals surface area contributed by atoms with Crippen LogP contribution in [0.15, 0.2) is 89.7 Å². The number of piperidine rings is 1. The molecular formula is C31H33N3O3. The molecule has 2 N–H and O–H groups in total. The Kier molecular flexibility index (Phi) is 7.49. The molecule has 3 aromatic carbocycles. The quantitative estimate of drug-likeness (QED) is 0.385. The van der Waals surface area contributed by atoms with E-state index in [0.29, 0.717) is 35.1 Å². The summed E-state index contributed by atoms with van der Waals surface area (Å²) in [5.41, 5.74) is 2.76. The van der Waals surface area contributed by atoms with Gasteiger partial charge in [0.05, 0.1) is 23.4 Å². The molecule has 0 bridgehead atoms. The normalized spacial score (nSPS) is 17.0. The Morgan fingerprint density at radius 3 is 2.30 bits per heavy atom. The Morgan fingerprint density at radius 2 is 1.62 bits per heavy atom. The summed E-state index contributed by atoms with van der Waals surface area (Å²) in [7, 11) is 0. The van der Waals surface area contributed by atoms with Crippen molar-refractivity contribution in [3.63, 3.8) is 0 Å². The second kappa shape index (κ2) is 11.1. The number of aliphatic hydroxyl groups is 1. The van der Waals surface area contributed by atoms with Crippen molar-refractivity contribution in [2.75, 3.05) is 13.1 Å². The first-order valence-corrected chi connectivity index (χ1v) is 13.0. The SMILES string of the molecule is CCC(NC(=O)c1c(CN2CCC[C@H](O)C2)n(-c2ccccc2)c(=O)c2ccccc12)c1ccccc1. The summed E-state index contributed by atoms with van der Waals surface area (Å²) in [6.45, 7) is 3.75. The van der Waals surface area contributed by atoms with Crippen LogP contribution in [0.1, 0.15) is 53.8 Å². The predicted molar refractivity (Wildman–Crippen MR) is 147 cm³/mol. The van der Waals surface area contributed by atoms with Crippen molar-refractivity contribution >= 4 is 16.7 Å². The number of fused-ring (bicyclic) bond motifs is 1. The molecule has 0 radical (unpaired) electrons. The summed E-state index contributed by atoms with van der Waals surface area (Å²) >= 11 is 0. The summed E-state index contributed by atoms with van der Waals surface area (Å²) in [5.74, 6) is -0.204. The van der Waals surface area contributed by atoms with Gasteiger partial charge in [-0.2, -0.15) is 0 Å². The third kappa shape index (κ3) is 5.22. The minimum Gasteiger partial charge on any atom is -0.392 e. The number of aromatic nitrogens is 1. The molecule has 37 heavy (non-hydrogen) atoms. The highest BCUT2D eigenvalue weighted by atomic mass is 16.3. The summed E-state index contributed by atoms with van der Waals surface area (Å²) in [5, 5.41) is 14.7. The fourth-order valence-corrected chi connectivity index (χ4v) is 5.37. The first-order valence-electron chi connectivity index (χ1n) is 13.0. The lowest BCUT2D eigenvalue weighted by atomic mass is 9.99. The maximum atomic E-state index is 14.1. The van der Waals surface area contributed by atoms with Crippen molar-refractivity contribution in [3.8, 4) is 5.69 Å². The summed E-state index contributed by atoms with van der Waals surface area (Å²) < 4.78 is 1.68. The topological polar surface area (TPSA) is 74.6 Å². The zero-order valence-electron chi connectivity index (χ0n) is 21.1. The van der Waals surface area contributed by atoms with E-state index in [1.165, 1.54) is 0 Å². The van der Waals surface area contributed by atoms with Crippen LogP contribution >= 0.6 is 0 Å². The summed E-state index contributed by atoms with van der Waals surface area (Å²) in [6, 6.07) is 26.6. The highest BCUT2D eigenvalue weighted by Crippen LogP contribution is 2.26. The van der Waals surface area contributed by atoms with Gasteiger partial charge in [0.25, 0.3) is 11.5 Å². The average molecular weight is 496 g/mol. The van der Waals surface area contributed by atoms with Crippen LogP contribution in [-0.4, -0.2) is 39.7 Å². The molecule has 1 aliphatic heterocycles. The third-order valence-corrected chi connectivity index (χ3v) is 7.20. The molecule has 6 nitrogen and oxygen atoms in total. The van der Waals surface area contributed by atoms with E-state index in [9.17, 15) is 14.7 Å². The van der Waals surface area contributed by atoms with E-state index in [4.69, 9.17) is 0 Å². The number of carbonyl (C=O) groups excluding carboxylic acids is 1. The van der Waals surface area contributed by atoms with Gasteiger partial charge in [0, 0.05) is 29.5 Å². The van der Waals surface area contributed by atoms with E-state index in [1.807, 2.05) is 78.9 Å². The van der Waals surface area contributed by atoms with E-state index in [-0.39, 0.29) is 17.5 Å². The highest BCUT2D eigenvalue weighted by Gasteiger charge is 2.27. The lowest BCUT2D eigenvalue weighted by molar-refractivity contribution is 0.0655. The number of nitrogens with zero attached hydrogens (tertiary/aromatic N) is 2. The molecule has 0 aliphatic carbocycles. The number of aliphatic hydroxyl groups excluding tert-OH is 1. The number of carbonyl (C=O) groups is 1. The largest absolute Gasteiger partial charge is 0.392 e. The third-order valence-electron chi connectivity index (χ3n) is 7.20. The second-order valence-corrected chi connectivity index (χ2v) is 9.72. The number of nitrogens with one attached hydrogen (secondary N) is 1. The monoisotopic (exact) mass is 495 g/mol. The summed E-state index contributed by atoms with van der Waals surface area (Å²) in [4.78, 5) is 30.2. The molecule has 1 saturated heterocycles. The van der Waals surface area contributed by atoms with Gasteiger partial charge in [0.2, 0.25) is 0 Å². The van der Waals surface area contributed by atoms with Gasteiger partial charge in [0.1, 0.15) is 0 Å². The second-order valence-electron chi connectivity index (χ2n) is 9.72. The lowest BCUT2D eigenvalue weighted by Crippen LogP contribution is -2.40. The fourth-order valence-electron chi connectivity index (χ4n) is 5.37. The maximum absolute atomic E-state index is 14.1. The van der Waals surface area contributed by atoms with Crippen molar-refractivity contribution in [2.45, 2.75) is 44.9 Å². The molecule has 2 heterocycles. The molecule has 0 saturated carbocycles. The van der Waals surface area contributed by atoms with Crippen molar-refractivity contribution in [2.24, 2.45) is 0 Å². The van der Waals surface area contributed by atoms with Crippen LogP contribution in [0, 0.1) is 0 Å². The number of amides is 1. The molecule has 4 aromatic rings. The van der Waals surface area contributed by atoms with Crippen LogP contribution < -0.4 is 10.9 Å². The number of para-hydroxylation sites is 1. The molecular weight excluding hydrogens is 462 g/mol. The van der Waals surface area contributed by atoms with Crippen LogP contribution in [0.5, 0.6) is 0 Å². The Balaban J connectivity index is 1.70. The Labute approximate surface area is 217 Å². The average Bonchev–Trinajstić information content (AvgIpc) is 2.93. The van der Waals surface area contributed by atoms with Crippen LogP contribution in [0.25, 0.3) is 16.5 Å². The Morgan fingerprint density at radius 1 is 0.973 bits per heavy atom. The van der Waals surface area contributed by atoms with Crippen molar-refractivity contribution in [3.05, 3.63) is 112 Å². The molecule has 1 amide bonds. The minimum absolute atomic E-state index is 0.152. The molecule has 190 valence electrons. The van der Waals surface area contributed by atoms with Crippen molar-refractivity contribution < 1.29 is 9.90 Å². The van der Waals surface area contributed by atoms with Gasteiger partial charge in [-0.25, -0.2) is 0 Å². The van der Waals surface area contributed by atoms with E-state index in [2.05, 4.69) is 17.1 Å². The number of pyridine rings is 1. The summed E-state index contributed by atoms with van der Waals surface area (Å²) in [6.07, 6.45) is 1.96. The number of benzene rings is 3. The highest BCUT2D eigenvalue weighted by molar-refractivity contribution is 6.08. The first-order chi connectivity index (χ1) is 18.1. The van der Waals surface area contributed by atoms with Gasteiger partial charge in [-0.1, -0.05) is 73.7 Å². The molecule has 2 atom stereocenters. The van der Waals surface area contributed by atoms with Gasteiger partial charge in [-0.3, -0.25) is 19.1 Å². The van der Waals surface area contributed by atoms with Gasteiger partial charge < -0.3 is 10.4 Å². The number of likely N-dealkylation sites (tertiary alicyclic amines) is 1. The molecule has 1 unspecified atom stereocenters. The van der Waals surface area contributed by atoms with E-state index >= 15 is 0 Å². The molecule has 6 heteroatoms. The zero-order valence-corrected chi connectivity index (χ0v) is 21.1. The van der Waals surface area contributed by atoms with Crippen molar-refractivity contribution in [1.82, 2.24) is 14.8 Å². The Hall–Kier alpha value is -3.74. The van der Waals surface area contributed by atoms with E-state index < -0.39 is 6.10 Å². The van der Waals surface area contributed by atoms with Crippen LogP contribution in [0.4, 0.5) is 0 Å². The predicted octanol–water partition coefficient (Wildman–Crippen LogP) is 4.83.